The molecule has 1 aliphatic rings. The Kier molecular flexibility index (Phi) is 4.27. The molecule has 0 radical (unpaired) electrons. The van der Waals surface area contributed by atoms with Gasteiger partial charge in [0, 0.05) is 31.0 Å². The predicted octanol–water partition coefficient (Wildman–Crippen LogP) is 3.42. The zero-order valence-electron chi connectivity index (χ0n) is 11.4. The van der Waals surface area contributed by atoms with E-state index in [1.54, 1.807) is 0 Å². The summed E-state index contributed by atoms with van der Waals surface area (Å²) in [7, 11) is 0. The van der Waals surface area contributed by atoms with Crippen LogP contribution < -0.4 is 5.32 Å². The lowest BCUT2D eigenvalue weighted by molar-refractivity contribution is 0.237. The third kappa shape index (κ3) is 3.35. The minimum Gasteiger partial charge on any atom is -0.351 e. The van der Waals surface area contributed by atoms with Crippen LogP contribution in [0.15, 0.2) is 18.3 Å². The van der Waals surface area contributed by atoms with Crippen molar-refractivity contribution in [3.8, 4) is 0 Å². The molecule has 2 heteroatoms. The first-order chi connectivity index (χ1) is 8.19. The molecule has 0 spiro atoms. The summed E-state index contributed by atoms with van der Waals surface area (Å²) in [6.07, 6.45) is 6.26. The van der Waals surface area contributed by atoms with Gasteiger partial charge in [0.2, 0.25) is 0 Å². The second-order valence-electron chi connectivity index (χ2n) is 5.78. The molecule has 17 heavy (non-hydrogen) atoms. The second-order valence-corrected chi connectivity index (χ2v) is 5.78. The molecule has 0 amide bonds. The van der Waals surface area contributed by atoms with Gasteiger partial charge in [-0.15, -0.1) is 0 Å². The Hall–Kier alpha value is -0.760. The van der Waals surface area contributed by atoms with E-state index in [0.29, 0.717) is 6.04 Å². The topological polar surface area (TPSA) is 17.0 Å². The molecular formula is C15H26N2. The maximum Gasteiger partial charge on any atom is 0.0361 e. The molecule has 1 N–H and O–H groups in total. The van der Waals surface area contributed by atoms with Gasteiger partial charge in [0.25, 0.3) is 0 Å². The minimum atomic E-state index is 0.717. The summed E-state index contributed by atoms with van der Waals surface area (Å²) >= 11 is 0. The first-order valence-corrected chi connectivity index (χ1v) is 7.06. The lowest BCUT2D eigenvalue weighted by Gasteiger charge is -2.32. The van der Waals surface area contributed by atoms with Crippen molar-refractivity contribution < 1.29 is 0 Å². The lowest BCUT2D eigenvalue weighted by atomic mass is 9.80. The standard InChI is InChI=1S/C15H26N2/c1-4-17-7-5-6-15(17)11-16-14-9-12(2)8-13(3)10-14/h5-7,12-14,16H,4,8-11H2,1-3H3. The van der Waals surface area contributed by atoms with Crippen molar-refractivity contribution in [1.82, 2.24) is 9.88 Å². The van der Waals surface area contributed by atoms with Gasteiger partial charge < -0.3 is 9.88 Å². The summed E-state index contributed by atoms with van der Waals surface area (Å²) in [5, 5.41) is 3.74. The van der Waals surface area contributed by atoms with Crippen molar-refractivity contribution in [2.75, 3.05) is 0 Å². The maximum absolute atomic E-state index is 3.74. The fourth-order valence-corrected chi connectivity index (χ4v) is 3.28. The number of nitrogens with zero attached hydrogens (tertiary/aromatic N) is 1. The van der Waals surface area contributed by atoms with Gasteiger partial charge in [-0.25, -0.2) is 0 Å². The summed E-state index contributed by atoms with van der Waals surface area (Å²) in [6.45, 7) is 9.07. The molecule has 1 saturated carbocycles. The third-order valence-corrected chi connectivity index (χ3v) is 4.01. The van der Waals surface area contributed by atoms with Gasteiger partial charge in [0.15, 0.2) is 0 Å². The average molecular weight is 234 g/mol. The number of rotatable bonds is 4. The highest BCUT2D eigenvalue weighted by Crippen LogP contribution is 2.28. The highest BCUT2D eigenvalue weighted by molar-refractivity contribution is 5.07. The van der Waals surface area contributed by atoms with E-state index in [1.807, 2.05) is 0 Å². The van der Waals surface area contributed by atoms with Crippen molar-refractivity contribution in [2.45, 2.75) is 59.2 Å². The molecule has 1 aromatic rings. The van der Waals surface area contributed by atoms with E-state index in [-0.39, 0.29) is 0 Å². The molecular weight excluding hydrogens is 208 g/mol. The Balaban J connectivity index is 1.85. The van der Waals surface area contributed by atoms with Crippen molar-refractivity contribution >= 4 is 0 Å². The van der Waals surface area contributed by atoms with E-state index in [2.05, 4.69) is 49.0 Å². The van der Waals surface area contributed by atoms with E-state index in [9.17, 15) is 0 Å². The molecule has 1 aliphatic carbocycles. The first kappa shape index (κ1) is 12.7. The summed E-state index contributed by atoms with van der Waals surface area (Å²) in [5.74, 6) is 1.77. The van der Waals surface area contributed by atoms with Crippen molar-refractivity contribution in [3.63, 3.8) is 0 Å². The zero-order chi connectivity index (χ0) is 12.3. The van der Waals surface area contributed by atoms with E-state index < -0.39 is 0 Å². The zero-order valence-corrected chi connectivity index (χ0v) is 11.4. The summed E-state index contributed by atoms with van der Waals surface area (Å²) in [5.41, 5.74) is 1.42. The molecule has 2 rings (SSSR count). The van der Waals surface area contributed by atoms with Crippen LogP contribution in [0, 0.1) is 11.8 Å². The maximum atomic E-state index is 3.74. The van der Waals surface area contributed by atoms with Gasteiger partial charge in [-0.1, -0.05) is 13.8 Å². The fourth-order valence-electron chi connectivity index (χ4n) is 3.28. The normalized spacial score (nSPS) is 29.5. The molecule has 96 valence electrons. The minimum absolute atomic E-state index is 0.717. The average Bonchev–Trinajstić information content (AvgIpc) is 2.72. The van der Waals surface area contributed by atoms with E-state index in [1.165, 1.54) is 25.0 Å². The van der Waals surface area contributed by atoms with Gasteiger partial charge in [-0.05, 0) is 50.2 Å². The van der Waals surface area contributed by atoms with Crippen LogP contribution in [0.1, 0.15) is 45.7 Å². The number of nitrogens with one attached hydrogen (secondary N) is 1. The monoisotopic (exact) mass is 234 g/mol. The molecule has 0 aromatic carbocycles. The second kappa shape index (κ2) is 5.72. The van der Waals surface area contributed by atoms with Gasteiger partial charge in [0.1, 0.15) is 0 Å². The van der Waals surface area contributed by atoms with E-state index >= 15 is 0 Å². The largest absolute Gasteiger partial charge is 0.351 e. The fraction of sp³-hybridized carbons (Fsp3) is 0.733. The number of hydrogen-bond donors (Lipinski definition) is 1. The summed E-state index contributed by atoms with van der Waals surface area (Å²) < 4.78 is 2.32. The molecule has 1 fully saturated rings. The Labute approximate surface area is 105 Å². The Morgan fingerprint density at radius 1 is 1.24 bits per heavy atom. The van der Waals surface area contributed by atoms with Crippen molar-refractivity contribution in [2.24, 2.45) is 11.8 Å². The SMILES string of the molecule is CCn1cccc1CNC1CC(C)CC(C)C1. The third-order valence-electron chi connectivity index (χ3n) is 4.01. The Morgan fingerprint density at radius 2 is 1.94 bits per heavy atom. The van der Waals surface area contributed by atoms with Gasteiger partial charge in [-0.3, -0.25) is 0 Å². The number of aromatic nitrogens is 1. The lowest BCUT2D eigenvalue weighted by Crippen LogP contribution is -2.36. The van der Waals surface area contributed by atoms with Crippen LogP contribution in [0.25, 0.3) is 0 Å². The van der Waals surface area contributed by atoms with Crippen molar-refractivity contribution in [1.29, 1.82) is 0 Å². The van der Waals surface area contributed by atoms with Crippen LogP contribution in [0.4, 0.5) is 0 Å². The van der Waals surface area contributed by atoms with Crippen LogP contribution >= 0.6 is 0 Å². The summed E-state index contributed by atoms with van der Waals surface area (Å²) in [4.78, 5) is 0. The predicted molar refractivity (Wildman–Crippen MR) is 72.9 cm³/mol. The van der Waals surface area contributed by atoms with Crippen LogP contribution in [0.5, 0.6) is 0 Å². The highest BCUT2D eigenvalue weighted by atomic mass is 15.0. The highest BCUT2D eigenvalue weighted by Gasteiger charge is 2.23. The molecule has 1 heterocycles. The number of aryl methyl sites for hydroxylation is 1. The first-order valence-electron chi connectivity index (χ1n) is 7.06. The molecule has 2 nitrogen and oxygen atoms in total. The van der Waals surface area contributed by atoms with Gasteiger partial charge in [0.05, 0.1) is 0 Å². The van der Waals surface area contributed by atoms with Crippen LogP contribution in [-0.2, 0) is 13.1 Å². The molecule has 0 saturated heterocycles. The molecule has 2 atom stereocenters. The smallest absolute Gasteiger partial charge is 0.0361 e. The van der Waals surface area contributed by atoms with Crippen LogP contribution in [0.3, 0.4) is 0 Å². The van der Waals surface area contributed by atoms with Gasteiger partial charge in [-0.2, -0.15) is 0 Å². The molecule has 1 aromatic heterocycles. The number of hydrogen-bond acceptors (Lipinski definition) is 1. The quantitative estimate of drug-likeness (QED) is 0.844. The summed E-state index contributed by atoms with van der Waals surface area (Å²) in [6, 6.07) is 5.09. The molecule has 0 aliphatic heterocycles. The molecule has 2 unspecified atom stereocenters. The van der Waals surface area contributed by atoms with Crippen LogP contribution in [0.2, 0.25) is 0 Å². The van der Waals surface area contributed by atoms with E-state index in [0.717, 1.165) is 24.9 Å². The Bertz CT molecular complexity index is 332. The van der Waals surface area contributed by atoms with Crippen LogP contribution in [-0.4, -0.2) is 10.6 Å². The van der Waals surface area contributed by atoms with Gasteiger partial charge >= 0.3 is 0 Å². The van der Waals surface area contributed by atoms with E-state index in [4.69, 9.17) is 0 Å². The molecule has 0 bridgehead atoms. The Morgan fingerprint density at radius 3 is 2.59 bits per heavy atom. The van der Waals surface area contributed by atoms with Crippen molar-refractivity contribution in [3.05, 3.63) is 24.0 Å².